The van der Waals surface area contributed by atoms with Crippen LogP contribution in [0.25, 0.3) is 0 Å². The predicted molar refractivity (Wildman–Crippen MR) is 78.2 cm³/mol. The third-order valence-electron chi connectivity index (χ3n) is 3.72. The lowest BCUT2D eigenvalue weighted by atomic mass is 9.87. The van der Waals surface area contributed by atoms with Crippen LogP contribution in [0.5, 0.6) is 11.5 Å². The minimum Gasteiger partial charge on any atom is -0.448 e. The molecule has 0 spiro atoms. The first-order chi connectivity index (χ1) is 9.28. The molecule has 0 aliphatic carbocycles. The molecular weight excluding hydrogens is 254 g/mol. The van der Waals surface area contributed by atoms with E-state index in [2.05, 4.69) is 26.1 Å². The van der Waals surface area contributed by atoms with Gasteiger partial charge in [0.25, 0.3) is 11.7 Å². The Morgan fingerprint density at radius 2 is 2.00 bits per heavy atom. The largest absolute Gasteiger partial charge is 0.448 e. The highest BCUT2D eigenvalue weighted by Crippen LogP contribution is 2.48. The Hall–Kier alpha value is -1.71. The van der Waals surface area contributed by atoms with Gasteiger partial charge in [-0.05, 0) is 18.6 Å². The molecule has 20 heavy (non-hydrogen) atoms. The molecule has 2 rings (SSSR count). The van der Waals surface area contributed by atoms with E-state index in [4.69, 9.17) is 9.47 Å². The van der Waals surface area contributed by atoms with Gasteiger partial charge in [-0.1, -0.05) is 33.8 Å². The van der Waals surface area contributed by atoms with Gasteiger partial charge in [0.05, 0.1) is 5.56 Å². The van der Waals surface area contributed by atoms with Gasteiger partial charge >= 0.3 is 0 Å². The van der Waals surface area contributed by atoms with E-state index in [1.54, 1.807) is 6.07 Å². The van der Waals surface area contributed by atoms with Crippen molar-refractivity contribution in [3.8, 4) is 11.5 Å². The fourth-order valence-electron chi connectivity index (χ4n) is 1.95. The topological polar surface area (TPSA) is 47.6 Å². The zero-order chi connectivity index (χ0) is 15.0. The molecule has 1 unspecified atom stereocenters. The number of nitrogens with one attached hydrogen (secondary N) is 1. The lowest BCUT2D eigenvalue weighted by Crippen LogP contribution is -2.47. The molecule has 0 fully saturated rings. The SMILES string of the molecule is CCCNC(=O)c1cccc2c1OC(C)(C(C)(C)C)O2. The highest BCUT2D eigenvalue weighted by atomic mass is 16.7. The molecule has 1 heterocycles. The molecule has 1 amide bonds. The molecule has 1 aromatic carbocycles. The van der Waals surface area contributed by atoms with E-state index < -0.39 is 5.79 Å². The number of carbonyl (C=O) groups is 1. The van der Waals surface area contributed by atoms with Crippen LogP contribution in [0.3, 0.4) is 0 Å². The van der Waals surface area contributed by atoms with E-state index in [0.717, 1.165) is 6.42 Å². The number of rotatable bonds is 3. The summed E-state index contributed by atoms with van der Waals surface area (Å²) in [5.41, 5.74) is 0.326. The van der Waals surface area contributed by atoms with Crippen molar-refractivity contribution in [3.05, 3.63) is 23.8 Å². The molecule has 0 saturated carbocycles. The molecule has 0 bridgehead atoms. The zero-order valence-corrected chi connectivity index (χ0v) is 12.9. The molecule has 4 heteroatoms. The summed E-state index contributed by atoms with van der Waals surface area (Å²) in [7, 11) is 0. The minimum absolute atomic E-state index is 0.120. The second-order valence-electron chi connectivity index (χ2n) is 6.29. The van der Waals surface area contributed by atoms with Crippen LogP contribution in [-0.4, -0.2) is 18.2 Å². The molecule has 0 aromatic heterocycles. The number of benzene rings is 1. The van der Waals surface area contributed by atoms with Gasteiger partial charge in [-0.2, -0.15) is 0 Å². The van der Waals surface area contributed by atoms with E-state index in [1.807, 2.05) is 26.0 Å². The maximum atomic E-state index is 12.2. The van der Waals surface area contributed by atoms with Crippen LogP contribution in [-0.2, 0) is 0 Å². The number of hydrogen-bond acceptors (Lipinski definition) is 3. The van der Waals surface area contributed by atoms with E-state index >= 15 is 0 Å². The molecule has 110 valence electrons. The molecule has 1 N–H and O–H groups in total. The summed E-state index contributed by atoms with van der Waals surface area (Å²) < 4.78 is 12.0. The summed E-state index contributed by atoms with van der Waals surface area (Å²) in [6.07, 6.45) is 0.901. The van der Waals surface area contributed by atoms with Crippen molar-refractivity contribution in [2.45, 2.75) is 46.8 Å². The first-order valence-electron chi connectivity index (χ1n) is 7.08. The van der Waals surface area contributed by atoms with Crippen molar-refractivity contribution in [1.29, 1.82) is 0 Å². The molecule has 1 aliphatic heterocycles. The maximum absolute atomic E-state index is 12.2. The lowest BCUT2D eigenvalue weighted by molar-refractivity contribution is -0.142. The van der Waals surface area contributed by atoms with Crippen molar-refractivity contribution >= 4 is 5.91 Å². The van der Waals surface area contributed by atoms with Crippen LogP contribution < -0.4 is 14.8 Å². The monoisotopic (exact) mass is 277 g/mol. The Bertz CT molecular complexity index is 519. The molecule has 1 aliphatic rings. The summed E-state index contributed by atoms with van der Waals surface area (Å²) in [6, 6.07) is 5.42. The molecule has 1 atom stereocenters. The van der Waals surface area contributed by atoms with Crippen LogP contribution >= 0.6 is 0 Å². The Balaban J connectivity index is 2.31. The third kappa shape index (κ3) is 2.47. The normalized spacial score (nSPS) is 20.9. The number of ether oxygens (including phenoxy) is 2. The summed E-state index contributed by atoms with van der Waals surface area (Å²) in [4.78, 5) is 12.2. The van der Waals surface area contributed by atoms with E-state index in [9.17, 15) is 4.79 Å². The van der Waals surface area contributed by atoms with Gasteiger partial charge in [-0.3, -0.25) is 4.79 Å². The average molecular weight is 277 g/mol. The standard InChI is InChI=1S/C16H23NO3/c1-6-10-17-14(18)11-8-7-9-12-13(11)20-16(5,19-12)15(2,3)4/h7-9H,6,10H2,1-5H3,(H,17,18). The van der Waals surface area contributed by atoms with Gasteiger partial charge < -0.3 is 14.8 Å². The van der Waals surface area contributed by atoms with E-state index in [-0.39, 0.29) is 11.3 Å². The van der Waals surface area contributed by atoms with Crippen LogP contribution in [0.2, 0.25) is 0 Å². The van der Waals surface area contributed by atoms with Crippen molar-refractivity contribution in [2.75, 3.05) is 6.54 Å². The fourth-order valence-corrected chi connectivity index (χ4v) is 1.95. The van der Waals surface area contributed by atoms with Crippen LogP contribution in [0.15, 0.2) is 18.2 Å². The summed E-state index contributed by atoms with van der Waals surface area (Å²) in [6.45, 7) is 10.7. The van der Waals surface area contributed by atoms with Crippen molar-refractivity contribution in [1.82, 2.24) is 5.32 Å². The first-order valence-corrected chi connectivity index (χ1v) is 7.08. The second kappa shape index (κ2) is 5.00. The third-order valence-corrected chi connectivity index (χ3v) is 3.72. The lowest BCUT2D eigenvalue weighted by Gasteiger charge is -2.35. The molecule has 4 nitrogen and oxygen atoms in total. The number of amides is 1. The number of para-hydroxylation sites is 1. The van der Waals surface area contributed by atoms with Crippen LogP contribution in [0.4, 0.5) is 0 Å². The Kier molecular flexibility index (Phi) is 3.67. The first kappa shape index (κ1) is 14.7. The van der Waals surface area contributed by atoms with Gasteiger partial charge in [0.2, 0.25) is 0 Å². The van der Waals surface area contributed by atoms with Crippen LogP contribution in [0.1, 0.15) is 51.4 Å². The number of hydrogen-bond donors (Lipinski definition) is 1. The highest BCUT2D eigenvalue weighted by molar-refractivity contribution is 5.98. The smallest absolute Gasteiger partial charge is 0.255 e. The van der Waals surface area contributed by atoms with Gasteiger partial charge in [-0.15, -0.1) is 0 Å². The maximum Gasteiger partial charge on any atom is 0.255 e. The Morgan fingerprint density at radius 3 is 2.60 bits per heavy atom. The summed E-state index contributed by atoms with van der Waals surface area (Å²) in [5, 5.41) is 2.87. The van der Waals surface area contributed by atoms with Crippen molar-refractivity contribution in [3.63, 3.8) is 0 Å². The number of fused-ring (bicyclic) bond motifs is 1. The van der Waals surface area contributed by atoms with Crippen LogP contribution in [0, 0.1) is 5.41 Å². The number of carbonyl (C=O) groups excluding carboxylic acids is 1. The molecule has 0 radical (unpaired) electrons. The van der Waals surface area contributed by atoms with Gasteiger partial charge in [0.1, 0.15) is 0 Å². The average Bonchev–Trinajstić information content (AvgIpc) is 2.72. The quantitative estimate of drug-likeness (QED) is 0.921. The van der Waals surface area contributed by atoms with Crippen molar-refractivity contribution < 1.29 is 14.3 Å². The van der Waals surface area contributed by atoms with Gasteiger partial charge in [0.15, 0.2) is 11.5 Å². The highest BCUT2D eigenvalue weighted by Gasteiger charge is 2.48. The van der Waals surface area contributed by atoms with Gasteiger partial charge in [0, 0.05) is 18.9 Å². The predicted octanol–water partition coefficient (Wildman–Crippen LogP) is 3.36. The second-order valence-corrected chi connectivity index (χ2v) is 6.29. The Morgan fingerprint density at radius 1 is 1.30 bits per heavy atom. The Labute approximate surface area is 120 Å². The van der Waals surface area contributed by atoms with E-state index in [0.29, 0.717) is 23.6 Å². The zero-order valence-electron chi connectivity index (χ0n) is 12.9. The summed E-state index contributed by atoms with van der Waals surface area (Å²) in [5.74, 6) is 0.284. The van der Waals surface area contributed by atoms with Gasteiger partial charge in [-0.25, -0.2) is 0 Å². The minimum atomic E-state index is -0.767. The molecular formula is C16H23NO3. The fraction of sp³-hybridized carbons (Fsp3) is 0.562. The molecule has 1 aromatic rings. The molecule has 0 saturated heterocycles. The summed E-state index contributed by atoms with van der Waals surface area (Å²) >= 11 is 0. The van der Waals surface area contributed by atoms with E-state index in [1.165, 1.54) is 0 Å². The van der Waals surface area contributed by atoms with Crippen molar-refractivity contribution in [2.24, 2.45) is 5.41 Å².